The lowest BCUT2D eigenvalue weighted by atomic mass is 10.2. The van der Waals surface area contributed by atoms with Crippen molar-refractivity contribution in [3.8, 4) is 5.75 Å². The lowest BCUT2D eigenvalue weighted by molar-refractivity contribution is 0.117. The van der Waals surface area contributed by atoms with Crippen LogP contribution in [0.25, 0.3) is 0 Å². The maximum atomic E-state index is 9.96. The fraction of sp³-hybridized carbons (Fsp3) is 0.250. The number of aliphatic hydroxyl groups excluding tert-OH is 1. The summed E-state index contributed by atoms with van der Waals surface area (Å²) >= 11 is 9.41. The highest BCUT2D eigenvalue weighted by Crippen LogP contribution is 2.22. The first-order valence-electron chi connectivity index (χ1n) is 6.61. The van der Waals surface area contributed by atoms with Gasteiger partial charge < -0.3 is 15.2 Å². The molecule has 2 N–H and O–H groups in total. The molecule has 0 aliphatic carbocycles. The Morgan fingerprint density at radius 1 is 1.29 bits per heavy atom. The highest BCUT2D eigenvalue weighted by molar-refractivity contribution is 9.10. The molecular weight excluding hydrogens is 354 g/mol. The molecule has 2 rings (SSSR count). The smallest absolute Gasteiger partial charge is 0.119 e. The second-order valence-corrected chi connectivity index (χ2v) is 6.00. The largest absolute Gasteiger partial charge is 0.491 e. The quantitative estimate of drug-likeness (QED) is 0.798. The number of hydrogen-bond acceptors (Lipinski definition) is 3. The Morgan fingerprint density at radius 2 is 2.05 bits per heavy atom. The zero-order valence-corrected chi connectivity index (χ0v) is 14.0. The van der Waals surface area contributed by atoms with Crippen LogP contribution in [0.1, 0.15) is 5.56 Å². The second kappa shape index (κ2) is 7.69. The van der Waals surface area contributed by atoms with Crippen LogP contribution in [0.15, 0.2) is 46.9 Å². The van der Waals surface area contributed by atoms with Crippen LogP contribution in [-0.2, 0) is 0 Å². The summed E-state index contributed by atoms with van der Waals surface area (Å²) in [6.45, 7) is 2.55. The number of hydrogen-bond donors (Lipinski definition) is 2. The minimum Gasteiger partial charge on any atom is -0.491 e. The van der Waals surface area contributed by atoms with Crippen LogP contribution in [0.4, 0.5) is 5.69 Å². The fourth-order valence-corrected chi connectivity index (χ4v) is 2.33. The van der Waals surface area contributed by atoms with E-state index in [1.807, 2.05) is 37.3 Å². The number of aliphatic hydroxyl groups is 1. The third kappa shape index (κ3) is 4.92. The molecule has 2 aromatic carbocycles. The van der Waals surface area contributed by atoms with Crippen LogP contribution in [-0.4, -0.2) is 24.4 Å². The zero-order chi connectivity index (χ0) is 15.2. The highest BCUT2D eigenvalue weighted by Gasteiger charge is 2.07. The Bertz CT molecular complexity index is 607. The average molecular weight is 371 g/mol. The minimum atomic E-state index is -0.604. The molecule has 0 spiro atoms. The molecule has 0 radical (unpaired) electrons. The number of nitrogens with one attached hydrogen (secondary N) is 1. The van der Waals surface area contributed by atoms with Crippen molar-refractivity contribution >= 4 is 33.2 Å². The summed E-state index contributed by atoms with van der Waals surface area (Å²) in [5.74, 6) is 0.705. The first-order valence-corrected chi connectivity index (χ1v) is 7.79. The van der Waals surface area contributed by atoms with Gasteiger partial charge >= 0.3 is 0 Å². The Morgan fingerprint density at radius 3 is 2.76 bits per heavy atom. The summed E-state index contributed by atoms with van der Waals surface area (Å²) in [6, 6.07) is 13.2. The van der Waals surface area contributed by atoms with Gasteiger partial charge in [-0.15, -0.1) is 0 Å². The van der Waals surface area contributed by atoms with Gasteiger partial charge in [0.25, 0.3) is 0 Å². The molecule has 0 amide bonds. The van der Waals surface area contributed by atoms with Gasteiger partial charge in [-0.2, -0.15) is 0 Å². The first-order chi connectivity index (χ1) is 10.1. The molecule has 2 aromatic rings. The van der Waals surface area contributed by atoms with Crippen LogP contribution < -0.4 is 10.1 Å². The van der Waals surface area contributed by atoms with Gasteiger partial charge in [-0.3, -0.25) is 0 Å². The molecule has 0 aromatic heterocycles. The van der Waals surface area contributed by atoms with Crippen LogP contribution in [0.3, 0.4) is 0 Å². The standard InChI is InChI=1S/C16H17BrClNO2/c1-11-8-13(6-7-15(11)18)21-10-12(20)9-19-16-5-3-2-4-14(16)17/h2-8,12,19-20H,9-10H2,1H3. The van der Waals surface area contributed by atoms with E-state index in [9.17, 15) is 5.11 Å². The SMILES string of the molecule is Cc1cc(OCC(O)CNc2ccccc2Br)ccc1Cl. The molecule has 0 fully saturated rings. The van der Waals surface area contributed by atoms with Gasteiger partial charge in [0, 0.05) is 21.7 Å². The fourth-order valence-electron chi connectivity index (χ4n) is 1.79. The van der Waals surface area contributed by atoms with Crippen molar-refractivity contribution in [2.45, 2.75) is 13.0 Å². The molecule has 0 saturated carbocycles. The van der Waals surface area contributed by atoms with E-state index in [1.165, 1.54) is 0 Å². The monoisotopic (exact) mass is 369 g/mol. The van der Waals surface area contributed by atoms with Crippen LogP contribution in [0, 0.1) is 6.92 Å². The van der Waals surface area contributed by atoms with Gasteiger partial charge in [0.1, 0.15) is 18.5 Å². The summed E-state index contributed by atoms with van der Waals surface area (Å²) in [5.41, 5.74) is 1.90. The van der Waals surface area contributed by atoms with Crippen molar-refractivity contribution < 1.29 is 9.84 Å². The van der Waals surface area contributed by atoms with E-state index < -0.39 is 6.10 Å². The number of ether oxygens (including phenoxy) is 1. The molecule has 1 unspecified atom stereocenters. The summed E-state index contributed by atoms with van der Waals surface area (Å²) in [7, 11) is 0. The molecule has 0 bridgehead atoms. The lowest BCUT2D eigenvalue weighted by Crippen LogP contribution is -2.26. The molecule has 0 aliphatic rings. The number of anilines is 1. The topological polar surface area (TPSA) is 41.5 Å². The Hall–Kier alpha value is -1.23. The third-order valence-electron chi connectivity index (χ3n) is 2.97. The van der Waals surface area contributed by atoms with Crippen LogP contribution in [0.2, 0.25) is 5.02 Å². The van der Waals surface area contributed by atoms with Crippen LogP contribution in [0.5, 0.6) is 5.75 Å². The number of para-hydroxylation sites is 1. The molecule has 0 aliphatic heterocycles. The van der Waals surface area contributed by atoms with E-state index in [2.05, 4.69) is 21.2 Å². The van der Waals surface area contributed by atoms with Gasteiger partial charge in [0.2, 0.25) is 0 Å². The summed E-state index contributed by atoms with van der Waals surface area (Å²) in [5, 5.41) is 13.8. The van der Waals surface area contributed by atoms with Crippen LogP contribution >= 0.6 is 27.5 Å². The Balaban J connectivity index is 1.81. The van der Waals surface area contributed by atoms with Gasteiger partial charge in [-0.05, 0) is 58.7 Å². The molecule has 0 saturated heterocycles. The van der Waals surface area contributed by atoms with Gasteiger partial charge in [0.05, 0.1) is 0 Å². The molecule has 5 heteroatoms. The van der Waals surface area contributed by atoms with E-state index in [-0.39, 0.29) is 6.61 Å². The number of rotatable bonds is 6. The third-order valence-corrected chi connectivity index (χ3v) is 4.09. The summed E-state index contributed by atoms with van der Waals surface area (Å²) in [4.78, 5) is 0. The zero-order valence-electron chi connectivity index (χ0n) is 11.6. The normalized spacial score (nSPS) is 12.0. The highest BCUT2D eigenvalue weighted by atomic mass is 79.9. The average Bonchev–Trinajstić information content (AvgIpc) is 2.47. The minimum absolute atomic E-state index is 0.221. The maximum Gasteiger partial charge on any atom is 0.119 e. The van der Waals surface area contributed by atoms with E-state index in [0.717, 1.165) is 15.7 Å². The molecule has 21 heavy (non-hydrogen) atoms. The van der Waals surface area contributed by atoms with Crippen molar-refractivity contribution in [1.82, 2.24) is 0 Å². The van der Waals surface area contributed by atoms with Crippen molar-refractivity contribution in [2.75, 3.05) is 18.5 Å². The van der Waals surface area contributed by atoms with E-state index in [1.54, 1.807) is 12.1 Å². The van der Waals surface area contributed by atoms with Crippen molar-refractivity contribution in [3.63, 3.8) is 0 Å². The predicted octanol–water partition coefficient (Wildman–Crippen LogP) is 4.26. The lowest BCUT2D eigenvalue weighted by Gasteiger charge is -2.15. The van der Waals surface area contributed by atoms with E-state index in [4.69, 9.17) is 16.3 Å². The summed E-state index contributed by atoms with van der Waals surface area (Å²) in [6.07, 6.45) is -0.604. The number of halogens is 2. The molecule has 3 nitrogen and oxygen atoms in total. The van der Waals surface area contributed by atoms with Crippen molar-refractivity contribution in [2.24, 2.45) is 0 Å². The van der Waals surface area contributed by atoms with Gasteiger partial charge in [-0.1, -0.05) is 23.7 Å². The molecule has 112 valence electrons. The van der Waals surface area contributed by atoms with Crippen molar-refractivity contribution in [1.29, 1.82) is 0 Å². The Kier molecular flexibility index (Phi) is 5.91. The molecule has 1 atom stereocenters. The molecular formula is C16H17BrClNO2. The summed E-state index contributed by atoms with van der Waals surface area (Å²) < 4.78 is 6.53. The van der Waals surface area contributed by atoms with Gasteiger partial charge in [-0.25, -0.2) is 0 Å². The van der Waals surface area contributed by atoms with Crippen molar-refractivity contribution in [3.05, 3.63) is 57.5 Å². The second-order valence-electron chi connectivity index (χ2n) is 4.74. The van der Waals surface area contributed by atoms with E-state index in [0.29, 0.717) is 17.3 Å². The van der Waals surface area contributed by atoms with E-state index >= 15 is 0 Å². The Labute approximate surface area is 138 Å². The predicted molar refractivity (Wildman–Crippen MR) is 90.3 cm³/mol. The van der Waals surface area contributed by atoms with Gasteiger partial charge in [0.15, 0.2) is 0 Å². The molecule has 0 heterocycles. The first kappa shape index (κ1) is 16.1. The number of aryl methyl sites for hydroxylation is 1. The number of benzene rings is 2. The maximum absolute atomic E-state index is 9.96.